The smallest absolute Gasteiger partial charge is 0.277 e. The fraction of sp³-hybridized carbons (Fsp3) is 0.208. The first-order valence-electron chi connectivity index (χ1n) is 9.71. The molecule has 0 spiro atoms. The molecule has 1 aliphatic heterocycles. The summed E-state index contributed by atoms with van der Waals surface area (Å²) in [4.78, 5) is 32.0. The van der Waals surface area contributed by atoms with Gasteiger partial charge >= 0.3 is 0 Å². The summed E-state index contributed by atoms with van der Waals surface area (Å²) in [5, 5.41) is 2.96. The Bertz CT molecular complexity index is 1090. The Morgan fingerprint density at radius 3 is 2.52 bits per heavy atom. The van der Waals surface area contributed by atoms with Gasteiger partial charge in [-0.1, -0.05) is 36.4 Å². The summed E-state index contributed by atoms with van der Waals surface area (Å²) in [6.45, 7) is 5.93. The fourth-order valence-corrected chi connectivity index (χ4v) is 3.88. The van der Waals surface area contributed by atoms with Crippen molar-refractivity contribution in [1.82, 2.24) is 4.98 Å². The van der Waals surface area contributed by atoms with Crippen LogP contribution in [0.4, 0.5) is 11.4 Å². The predicted octanol–water partition coefficient (Wildman–Crippen LogP) is 4.54. The average molecular weight is 385 g/mol. The van der Waals surface area contributed by atoms with Gasteiger partial charge in [-0.2, -0.15) is 0 Å². The number of para-hydroxylation sites is 2. The predicted molar refractivity (Wildman–Crippen MR) is 115 cm³/mol. The lowest BCUT2D eigenvalue weighted by molar-refractivity contribution is 0.0976. The van der Waals surface area contributed by atoms with Gasteiger partial charge in [0.05, 0.1) is 0 Å². The highest BCUT2D eigenvalue weighted by molar-refractivity contribution is 6.09. The highest BCUT2D eigenvalue weighted by Gasteiger charge is 2.32. The van der Waals surface area contributed by atoms with Crippen molar-refractivity contribution >= 4 is 23.2 Å². The van der Waals surface area contributed by atoms with E-state index in [-0.39, 0.29) is 23.6 Å². The highest BCUT2D eigenvalue weighted by Crippen LogP contribution is 2.32. The zero-order valence-electron chi connectivity index (χ0n) is 16.8. The lowest BCUT2D eigenvalue weighted by Gasteiger charge is -2.22. The van der Waals surface area contributed by atoms with Crippen LogP contribution in [0.3, 0.4) is 0 Å². The molecule has 3 aromatic rings. The van der Waals surface area contributed by atoms with Crippen LogP contribution >= 0.6 is 0 Å². The maximum absolute atomic E-state index is 13.2. The molecule has 0 radical (unpaired) electrons. The molecule has 1 aliphatic rings. The molecule has 5 nitrogen and oxygen atoms in total. The van der Waals surface area contributed by atoms with Gasteiger partial charge in [-0.05, 0) is 62.1 Å². The van der Waals surface area contributed by atoms with Crippen molar-refractivity contribution in [1.29, 1.82) is 0 Å². The third-order valence-corrected chi connectivity index (χ3v) is 5.39. The summed E-state index contributed by atoms with van der Waals surface area (Å²) in [7, 11) is 0. The van der Waals surface area contributed by atoms with Crippen LogP contribution in [0, 0.1) is 13.8 Å². The molecule has 0 bridgehead atoms. The molecule has 2 aromatic carbocycles. The van der Waals surface area contributed by atoms with Crippen molar-refractivity contribution in [3.63, 3.8) is 0 Å². The van der Waals surface area contributed by atoms with E-state index in [0.29, 0.717) is 5.56 Å². The maximum atomic E-state index is 13.2. The second-order valence-electron chi connectivity index (χ2n) is 7.51. The summed E-state index contributed by atoms with van der Waals surface area (Å²) in [5.41, 5.74) is 5.52. The maximum Gasteiger partial charge on any atom is 0.277 e. The van der Waals surface area contributed by atoms with E-state index in [0.717, 1.165) is 34.5 Å². The summed E-state index contributed by atoms with van der Waals surface area (Å²) >= 11 is 0. The minimum Gasteiger partial charge on any atom is -0.322 e. The summed E-state index contributed by atoms with van der Waals surface area (Å²) in [5.74, 6) is -0.446. The Kier molecular flexibility index (Phi) is 4.89. The van der Waals surface area contributed by atoms with Crippen LogP contribution < -0.4 is 10.2 Å². The number of aryl methyl sites for hydroxylation is 2. The van der Waals surface area contributed by atoms with Gasteiger partial charge in [-0.3, -0.25) is 14.6 Å². The standard InChI is InChI=1S/C24H23N3O2/c1-15-7-6-8-16(2)22(15)26-23(28)19-11-12-25-20(14-19)24(29)27-17(3)13-18-9-4-5-10-21(18)27/h4-12,14,17H,13H2,1-3H3,(H,26,28). The first-order chi connectivity index (χ1) is 14.0. The van der Waals surface area contributed by atoms with Crippen LogP contribution in [0.5, 0.6) is 0 Å². The Hall–Kier alpha value is -3.47. The van der Waals surface area contributed by atoms with Gasteiger partial charge in [-0.25, -0.2) is 0 Å². The van der Waals surface area contributed by atoms with Gasteiger partial charge in [0.25, 0.3) is 11.8 Å². The number of hydrogen-bond acceptors (Lipinski definition) is 3. The number of carbonyl (C=O) groups is 2. The van der Waals surface area contributed by atoms with Crippen LogP contribution in [0.15, 0.2) is 60.8 Å². The molecule has 1 unspecified atom stereocenters. The first kappa shape index (κ1) is 18.9. The number of nitrogens with zero attached hydrogens (tertiary/aromatic N) is 2. The summed E-state index contributed by atoms with van der Waals surface area (Å²) < 4.78 is 0. The normalized spacial score (nSPS) is 15.1. The number of rotatable bonds is 3. The molecule has 146 valence electrons. The number of aromatic nitrogens is 1. The molecule has 1 aromatic heterocycles. The molecule has 1 atom stereocenters. The lowest BCUT2D eigenvalue weighted by atomic mass is 10.1. The van der Waals surface area contributed by atoms with Crippen LogP contribution in [-0.2, 0) is 6.42 Å². The third-order valence-electron chi connectivity index (χ3n) is 5.39. The first-order valence-corrected chi connectivity index (χ1v) is 9.71. The highest BCUT2D eigenvalue weighted by atomic mass is 16.2. The Morgan fingerprint density at radius 1 is 1.03 bits per heavy atom. The minimum atomic E-state index is -0.256. The van der Waals surface area contributed by atoms with E-state index < -0.39 is 0 Å². The van der Waals surface area contributed by atoms with Gasteiger partial charge < -0.3 is 10.2 Å². The molecule has 0 fully saturated rings. The van der Waals surface area contributed by atoms with Crippen molar-refractivity contribution in [3.05, 3.63) is 88.7 Å². The number of nitrogens with one attached hydrogen (secondary N) is 1. The second-order valence-corrected chi connectivity index (χ2v) is 7.51. The molecule has 29 heavy (non-hydrogen) atoms. The largest absolute Gasteiger partial charge is 0.322 e. The zero-order chi connectivity index (χ0) is 20.5. The lowest BCUT2D eigenvalue weighted by Crippen LogP contribution is -2.36. The molecular formula is C24H23N3O2. The van der Waals surface area contributed by atoms with E-state index >= 15 is 0 Å². The van der Waals surface area contributed by atoms with E-state index in [9.17, 15) is 9.59 Å². The van der Waals surface area contributed by atoms with Gasteiger partial charge in [0.15, 0.2) is 0 Å². The van der Waals surface area contributed by atoms with Crippen molar-refractivity contribution in [3.8, 4) is 0 Å². The molecule has 4 rings (SSSR count). The Balaban J connectivity index is 1.61. The van der Waals surface area contributed by atoms with Crippen LogP contribution in [0.25, 0.3) is 0 Å². The van der Waals surface area contributed by atoms with Gasteiger partial charge in [0, 0.05) is 29.2 Å². The number of pyridine rings is 1. The van der Waals surface area contributed by atoms with Crippen LogP contribution in [0.2, 0.25) is 0 Å². The molecule has 2 amide bonds. The van der Waals surface area contributed by atoms with Gasteiger partial charge in [-0.15, -0.1) is 0 Å². The van der Waals surface area contributed by atoms with Gasteiger partial charge in [0.1, 0.15) is 5.69 Å². The number of amides is 2. The average Bonchev–Trinajstić information content (AvgIpc) is 3.06. The second kappa shape index (κ2) is 7.51. The SMILES string of the molecule is Cc1cccc(C)c1NC(=O)c1ccnc(C(=O)N2c3ccccc3CC2C)c1. The Labute approximate surface area is 170 Å². The molecule has 0 saturated heterocycles. The number of hydrogen-bond donors (Lipinski definition) is 1. The number of benzene rings is 2. The van der Waals surface area contributed by atoms with E-state index in [1.54, 1.807) is 17.0 Å². The number of carbonyl (C=O) groups excluding carboxylic acids is 2. The molecule has 0 aliphatic carbocycles. The Morgan fingerprint density at radius 2 is 1.76 bits per heavy atom. The minimum absolute atomic E-state index is 0.0498. The van der Waals surface area contributed by atoms with Crippen molar-refractivity contribution in [2.45, 2.75) is 33.2 Å². The molecular weight excluding hydrogens is 362 g/mol. The quantitative estimate of drug-likeness (QED) is 0.720. The topological polar surface area (TPSA) is 62.3 Å². The van der Waals surface area contributed by atoms with Crippen LogP contribution in [0.1, 0.15) is 44.5 Å². The molecule has 2 heterocycles. The number of anilines is 2. The molecule has 1 N–H and O–H groups in total. The van der Waals surface area contributed by atoms with Gasteiger partial charge in [0.2, 0.25) is 0 Å². The zero-order valence-corrected chi connectivity index (χ0v) is 16.8. The number of fused-ring (bicyclic) bond motifs is 1. The van der Waals surface area contributed by atoms with Crippen molar-refractivity contribution < 1.29 is 9.59 Å². The third kappa shape index (κ3) is 3.51. The summed E-state index contributed by atoms with van der Waals surface area (Å²) in [6.07, 6.45) is 2.33. The monoisotopic (exact) mass is 385 g/mol. The van der Waals surface area contributed by atoms with E-state index in [1.165, 1.54) is 6.20 Å². The van der Waals surface area contributed by atoms with E-state index in [4.69, 9.17) is 0 Å². The molecule has 0 saturated carbocycles. The molecule has 5 heteroatoms. The van der Waals surface area contributed by atoms with Crippen molar-refractivity contribution in [2.24, 2.45) is 0 Å². The van der Waals surface area contributed by atoms with E-state index in [1.807, 2.05) is 63.2 Å². The van der Waals surface area contributed by atoms with Crippen molar-refractivity contribution in [2.75, 3.05) is 10.2 Å². The van der Waals surface area contributed by atoms with E-state index in [2.05, 4.69) is 10.3 Å². The summed E-state index contributed by atoms with van der Waals surface area (Å²) in [6, 6.07) is 17.0. The van der Waals surface area contributed by atoms with Crippen LogP contribution in [-0.4, -0.2) is 22.8 Å². The fourth-order valence-electron chi connectivity index (χ4n) is 3.88.